The van der Waals surface area contributed by atoms with E-state index in [1.54, 1.807) is 30.1 Å². The van der Waals surface area contributed by atoms with E-state index in [1.807, 2.05) is 6.92 Å². The van der Waals surface area contributed by atoms with E-state index >= 15 is 0 Å². The number of aryl methyl sites for hydroxylation is 2. The van der Waals surface area contributed by atoms with E-state index in [0.29, 0.717) is 19.0 Å². The standard InChI is InChI=1S/C26H30FN7O3S/c1-17-9-24-19(13-29-34(24)21-5-3-20(27)4-6-21)12-23(17)25-16-33(38(36,37)26-14-28-31(2)30-26)8-7-32(25)15-18-10-22(35)11-18/h3-6,9,12-14,18,22,25,35H,7-8,10-11,15-16H2,1-2H3. The molecule has 12 heteroatoms. The molecule has 1 saturated carbocycles. The summed E-state index contributed by atoms with van der Waals surface area (Å²) >= 11 is 0. The maximum Gasteiger partial charge on any atom is 0.264 e. The minimum Gasteiger partial charge on any atom is -0.393 e. The van der Waals surface area contributed by atoms with E-state index in [-0.39, 0.29) is 29.5 Å². The maximum atomic E-state index is 13.5. The second kappa shape index (κ2) is 9.53. The monoisotopic (exact) mass is 539 g/mol. The lowest BCUT2D eigenvalue weighted by atomic mass is 9.81. The van der Waals surface area contributed by atoms with Gasteiger partial charge in [-0.3, -0.25) is 4.90 Å². The number of hydrogen-bond donors (Lipinski definition) is 1. The molecule has 2 aromatic heterocycles. The average Bonchev–Trinajstić information content (AvgIpc) is 3.50. The number of aliphatic hydroxyl groups is 1. The molecule has 2 aliphatic rings. The van der Waals surface area contributed by atoms with Crippen molar-refractivity contribution in [2.45, 2.75) is 36.9 Å². The summed E-state index contributed by atoms with van der Waals surface area (Å²) in [6.45, 7) is 4.04. The molecule has 10 nitrogen and oxygen atoms in total. The van der Waals surface area contributed by atoms with Crippen LogP contribution in [0.25, 0.3) is 16.6 Å². The Hall–Kier alpha value is -3.19. The first-order valence-electron chi connectivity index (χ1n) is 12.7. The van der Waals surface area contributed by atoms with Crippen molar-refractivity contribution >= 4 is 20.9 Å². The molecule has 1 aliphatic heterocycles. The van der Waals surface area contributed by atoms with Crippen LogP contribution in [0, 0.1) is 18.7 Å². The summed E-state index contributed by atoms with van der Waals surface area (Å²) in [4.78, 5) is 3.59. The summed E-state index contributed by atoms with van der Waals surface area (Å²) in [5.41, 5.74) is 3.71. The Morgan fingerprint density at radius 1 is 1.08 bits per heavy atom. The van der Waals surface area contributed by atoms with Gasteiger partial charge in [-0.15, -0.1) is 5.10 Å². The van der Waals surface area contributed by atoms with E-state index in [9.17, 15) is 17.9 Å². The van der Waals surface area contributed by atoms with Gasteiger partial charge < -0.3 is 5.11 Å². The molecule has 3 heterocycles. The van der Waals surface area contributed by atoms with Crippen LogP contribution in [-0.2, 0) is 17.1 Å². The van der Waals surface area contributed by atoms with Crippen LogP contribution >= 0.6 is 0 Å². The molecule has 1 unspecified atom stereocenters. The molecule has 4 aromatic rings. The van der Waals surface area contributed by atoms with Gasteiger partial charge in [-0.1, -0.05) is 0 Å². The van der Waals surface area contributed by atoms with Crippen molar-refractivity contribution in [2.75, 3.05) is 26.2 Å². The van der Waals surface area contributed by atoms with Crippen LogP contribution in [0.15, 0.2) is 53.8 Å². The summed E-state index contributed by atoms with van der Waals surface area (Å²) in [5, 5.41) is 23.2. The molecule has 6 rings (SSSR count). The van der Waals surface area contributed by atoms with Gasteiger partial charge >= 0.3 is 0 Å². The molecular formula is C26H30FN7O3S. The number of fused-ring (bicyclic) bond motifs is 1. The highest BCUT2D eigenvalue weighted by molar-refractivity contribution is 7.89. The third-order valence-electron chi connectivity index (χ3n) is 7.73. The van der Waals surface area contributed by atoms with Crippen LogP contribution in [0.2, 0.25) is 0 Å². The van der Waals surface area contributed by atoms with Crippen LogP contribution in [0.4, 0.5) is 4.39 Å². The largest absolute Gasteiger partial charge is 0.393 e. The predicted octanol–water partition coefficient (Wildman–Crippen LogP) is 2.42. The Balaban J connectivity index is 1.36. The molecule has 200 valence electrons. The minimum atomic E-state index is -3.80. The van der Waals surface area contributed by atoms with Crippen molar-refractivity contribution in [1.82, 2.24) is 34.0 Å². The van der Waals surface area contributed by atoms with Crippen molar-refractivity contribution in [1.29, 1.82) is 0 Å². The van der Waals surface area contributed by atoms with E-state index in [0.717, 1.165) is 47.1 Å². The Morgan fingerprint density at radius 2 is 1.84 bits per heavy atom. The molecular weight excluding hydrogens is 509 g/mol. The van der Waals surface area contributed by atoms with Gasteiger partial charge in [0, 0.05) is 44.7 Å². The number of rotatable bonds is 6. The molecule has 0 spiro atoms. The topological polar surface area (TPSA) is 109 Å². The minimum absolute atomic E-state index is 0.0536. The summed E-state index contributed by atoms with van der Waals surface area (Å²) in [7, 11) is -2.21. The van der Waals surface area contributed by atoms with Gasteiger partial charge in [0.1, 0.15) is 5.82 Å². The second-order valence-electron chi connectivity index (χ2n) is 10.3. The Morgan fingerprint density at radius 3 is 2.53 bits per heavy atom. The van der Waals surface area contributed by atoms with Gasteiger partial charge in [0.2, 0.25) is 5.03 Å². The number of benzene rings is 2. The highest BCUT2D eigenvalue weighted by Gasteiger charge is 2.39. The van der Waals surface area contributed by atoms with Crippen LogP contribution in [-0.4, -0.2) is 79.8 Å². The first-order valence-corrected chi connectivity index (χ1v) is 14.2. The van der Waals surface area contributed by atoms with Gasteiger partial charge in [0.05, 0.1) is 29.7 Å². The second-order valence-corrected chi connectivity index (χ2v) is 12.2. The molecule has 1 aliphatic carbocycles. The lowest BCUT2D eigenvalue weighted by Crippen LogP contribution is -2.52. The summed E-state index contributed by atoms with van der Waals surface area (Å²) in [6, 6.07) is 10.2. The lowest BCUT2D eigenvalue weighted by molar-refractivity contribution is 0.00593. The van der Waals surface area contributed by atoms with Gasteiger partial charge in [-0.25, -0.2) is 17.5 Å². The quantitative estimate of drug-likeness (QED) is 0.401. The van der Waals surface area contributed by atoms with Gasteiger partial charge in [0.15, 0.2) is 0 Å². The van der Waals surface area contributed by atoms with Crippen molar-refractivity contribution in [3.63, 3.8) is 0 Å². The van der Waals surface area contributed by atoms with Gasteiger partial charge in [-0.05, 0) is 73.2 Å². The van der Waals surface area contributed by atoms with E-state index < -0.39 is 10.0 Å². The number of aromatic nitrogens is 5. The molecule has 1 atom stereocenters. The predicted molar refractivity (Wildman–Crippen MR) is 139 cm³/mol. The number of piperazine rings is 1. The lowest BCUT2D eigenvalue weighted by Gasteiger charge is -2.44. The van der Waals surface area contributed by atoms with Gasteiger partial charge in [-0.2, -0.15) is 19.3 Å². The molecule has 2 fully saturated rings. The number of sulfonamides is 1. The SMILES string of the molecule is Cc1cc2c(cnn2-c2ccc(F)cc2)cc1C1CN(S(=O)(=O)c2cnn(C)n2)CCN1CC1CC(O)C1. The molecule has 0 amide bonds. The maximum absolute atomic E-state index is 13.5. The highest BCUT2D eigenvalue weighted by Crippen LogP contribution is 2.36. The molecule has 0 bridgehead atoms. The van der Waals surface area contributed by atoms with Crippen LogP contribution in [0.1, 0.15) is 30.0 Å². The molecule has 38 heavy (non-hydrogen) atoms. The number of hydrogen-bond acceptors (Lipinski definition) is 7. The summed E-state index contributed by atoms with van der Waals surface area (Å²) < 4.78 is 43.6. The Labute approximate surface area is 220 Å². The van der Waals surface area contributed by atoms with Crippen molar-refractivity contribution in [2.24, 2.45) is 13.0 Å². The van der Waals surface area contributed by atoms with Crippen molar-refractivity contribution < 1.29 is 17.9 Å². The smallest absolute Gasteiger partial charge is 0.264 e. The van der Waals surface area contributed by atoms with Crippen molar-refractivity contribution in [3.8, 4) is 5.69 Å². The first-order chi connectivity index (χ1) is 18.2. The zero-order chi connectivity index (χ0) is 26.6. The molecule has 1 saturated heterocycles. The van der Waals surface area contributed by atoms with E-state index in [1.165, 1.54) is 27.4 Å². The average molecular weight is 540 g/mol. The Bertz CT molecular complexity index is 1580. The van der Waals surface area contributed by atoms with Gasteiger partial charge in [0.25, 0.3) is 10.0 Å². The normalized spacial score (nSPS) is 23.1. The van der Waals surface area contributed by atoms with Crippen LogP contribution < -0.4 is 0 Å². The van der Waals surface area contributed by atoms with Crippen molar-refractivity contribution in [3.05, 3.63) is 65.7 Å². The number of halogens is 1. The fourth-order valence-electron chi connectivity index (χ4n) is 5.63. The summed E-state index contributed by atoms with van der Waals surface area (Å²) in [5.74, 6) is 0.0851. The van der Waals surface area contributed by atoms with E-state index in [2.05, 4.69) is 32.3 Å². The Kier molecular flexibility index (Phi) is 6.29. The van der Waals surface area contributed by atoms with Crippen LogP contribution in [0.5, 0.6) is 0 Å². The summed E-state index contributed by atoms with van der Waals surface area (Å²) in [6.07, 6.45) is 4.37. The third-order valence-corrected chi connectivity index (χ3v) is 9.45. The fourth-order valence-corrected chi connectivity index (χ4v) is 6.96. The molecule has 1 N–H and O–H groups in total. The van der Waals surface area contributed by atoms with Crippen LogP contribution in [0.3, 0.4) is 0 Å². The zero-order valence-corrected chi connectivity index (χ0v) is 22.1. The highest BCUT2D eigenvalue weighted by atomic mass is 32.2. The number of aliphatic hydroxyl groups excluding tert-OH is 1. The zero-order valence-electron chi connectivity index (χ0n) is 21.3. The first kappa shape index (κ1) is 25.1. The number of nitrogens with zero attached hydrogens (tertiary/aromatic N) is 7. The fraction of sp³-hybridized carbons (Fsp3) is 0.423. The van der Waals surface area contributed by atoms with E-state index in [4.69, 9.17) is 0 Å². The molecule has 2 aromatic carbocycles. The third kappa shape index (κ3) is 4.51. The molecule has 0 radical (unpaired) electrons.